The Labute approximate surface area is 147 Å². The number of benzene rings is 2. The molecule has 0 aromatic heterocycles. The van der Waals surface area contributed by atoms with Gasteiger partial charge in [0.2, 0.25) is 5.91 Å². The fraction of sp³-hybridized carbons (Fsp3) is 0.300. The number of nitrogens with zero attached hydrogens (tertiary/aromatic N) is 1. The Morgan fingerprint density at radius 2 is 1.88 bits per heavy atom. The maximum atomic E-state index is 12.8. The molecule has 2 aromatic rings. The molecule has 1 N–H and O–H groups in total. The number of aryl methyl sites for hydroxylation is 1. The van der Waals surface area contributed by atoms with Crippen LogP contribution in [0.25, 0.3) is 0 Å². The first kappa shape index (κ1) is 17.2. The summed E-state index contributed by atoms with van der Waals surface area (Å²) in [6, 6.07) is 14.7. The zero-order chi connectivity index (χ0) is 17.8. The van der Waals surface area contributed by atoms with E-state index in [-0.39, 0.29) is 11.8 Å². The van der Waals surface area contributed by atoms with Crippen molar-refractivity contribution < 1.29 is 14.3 Å². The van der Waals surface area contributed by atoms with Gasteiger partial charge in [-0.1, -0.05) is 48.0 Å². The van der Waals surface area contributed by atoms with Gasteiger partial charge in [0, 0.05) is 25.8 Å². The van der Waals surface area contributed by atoms with Gasteiger partial charge in [-0.05, 0) is 24.1 Å². The van der Waals surface area contributed by atoms with E-state index in [4.69, 9.17) is 4.74 Å². The van der Waals surface area contributed by atoms with Crippen LogP contribution in [-0.4, -0.2) is 37.0 Å². The molecule has 5 nitrogen and oxygen atoms in total. The molecule has 5 heteroatoms. The van der Waals surface area contributed by atoms with Gasteiger partial charge in [-0.2, -0.15) is 0 Å². The molecule has 1 unspecified atom stereocenters. The molecular formula is C20H22N2O3. The minimum atomic E-state index is -0.609. The molecule has 0 bridgehead atoms. The quantitative estimate of drug-likeness (QED) is 0.823. The summed E-state index contributed by atoms with van der Waals surface area (Å²) < 4.78 is 4.98. The summed E-state index contributed by atoms with van der Waals surface area (Å²) in [5.74, 6) is -0.287. The van der Waals surface area contributed by atoms with Gasteiger partial charge in [0.05, 0.1) is 6.61 Å². The third-order valence-electron chi connectivity index (χ3n) is 4.39. The summed E-state index contributed by atoms with van der Waals surface area (Å²) in [6.07, 6.45) is 0. The molecule has 0 spiro atoms. The number of amides is 2. The molecule has 2 aromatic carbocycles. The minimum absolute atomic E-state index is 0.108. The van der Waals surface area contributed by atoms with Gasteiger partial charge in [-0.15, -0.1) is 0 Å². The molecule has 0 saturated carbocycles. The number of rotatable bonds is 6. The van der Waals surface area contributed by atoms with E-state index in [1.165, 1.54) is 0 Å². The second-order valence-electron chi connectivity index (χ2n) is 6.19. The molecule has 130 valence electrons. The van der Waals surface area contributed by atoms with Crippen molar-refractivity contribution >= 4 is 11.8 Å². The SMILES string of the molecule is COCCNC(=O)C1c2ccccc2C(=O)N1Cc1ccc(C)cc1. The number of ether oxygens (including phenoxy) is 1. The lowest BCUT2D eigenvalue weighted by Crippen LogP contribution is -2.39. The predicted octanol–water partition coefficient (Wildman–Crippen LogP) is 2.45. The molecule has 0 fully saturated rings. The Bertz CT molecular complexity index is 771. The van der Waals surface area contributed by atoms with Crippen LogP contribution in [0.5, 0.6) is 0 Å². The number of hydrogen-bond donors (Lipinski definition) is 1. The molecule has 1 heterocycles. The lowest BCUT2D eigenvalue weighted by molar-refractivity contribution is -0.125. The second-order valence-corrected chi connectivity index (χ2v) is 6.19. The maximum Gasteiger partial charge on any atom is 0.255 e. The summed E-state index contributed by atoms with van der Waals surface area (Å²) in [4.78, 5) is 27.2. The van der Waals surface area contributed by atoms with Crippen LogP contribution in [-0.2, 0) is 16.1 Å². The fourth-order valence-electron chi connectivity index (χ4n) is 3.08. The summed E-state index contributed by atoms with van der Waals surface area (Å²) in [7, 11) is 1.59. The number of carbonyl (C=O) groups excluding carboxylic acids is 2. The van der Waals surface area contributed by atoms with Crippen molar-refractivity contribution in [2.24, 2.45) is 0 Å². The standard InChI is InChI=1S/C20H22N2O3/c1-14-7-9-15(10-8-14)13-22-18(19(23)21-11-12-25-2)16-5-3-4-6-17(16)20(22)24/h3-10,18H,11-13H2,1-2H3,(H,21,23). The van der Waals surface area contributed by atoms with Gasteiger partial charge in [0.15, 0.2) is 0 Å². The van der Waals surface area contributed by atoms with Crippen molar-refractivity contribution in [1.29, 1.82) is 0 Å². The van der Waals surface area contributed by atoms with Crippen LogP contribution >= 0.6 is 0 Å². The highest BCUT2D eigenvalue weighted by atomic mass is 16.5. The van der Waals surface area contributed by atoms with Crippen LogP contribution in [0.4, 0.5) is 0 Å². The minimum Gasteiger partial charge on any atom is -0.383 e. The Hall–Kier alpha value is -2.66. The number of nitrogens with one attached hydrogen (secondary N) is 1. The highest BCUT2D eigenvalue weighted by Crippen LogP contribution is 2.34. The van der Waals surface area contributed by atoms with E-state index < -0.39 is 6.04 Å². The Balaban J connectivity index is 1.87. The van der Waals surface area contributed by atoms with Crippen LogP contribution in [0, 0.1) is 6.92 Å². The fourth-order valence-corrected chi connectivity index (χ4v) is 3.08. The molecule has 1 atom stereocenters. The molecule has 0 saturated heterocycles. The van der Waals surface area contributed by atoms with Gasteiger partial charge in [0.25, 0.3) is 5.91 Å². The number of methoxy groups -OCH3 is 1. The monoisotopic (exact) mass is 338 g/mol. The highest BCUT2D eigenvalue weighted by molar-refractivity contribution is 6.04. The number of carbonyl (C=O) groups is 2. The van der Waals surface area contributed by atoms with Crippen molar-refractivity contribution in [3.05, 3.63) is 70.8 Å². The van der Waals surface area contributed by atoms with Crippen molar-refractivity contribution in [1.82, 2.24) is 10.2 Å². The van der Waals surface area contributed by atoms with Crippen LogP contribution in [0.2, 0.25) is 0 Å². The first-order valence-electron chi connectivity index (χ1n) is 8.34. The zero-order valence-corrected chi connectivity index (χ0v) is 14.5. The molecule has 0 aliphatic carbocycles. The highest BCUT2D eigenvalue weighted by Gasteiger charge is 2.40. The third kappa shape index (κ3) is 3.56. The Morgan fingerprint density at radius 1 is 1.16 bits per heavy atom. The predicted molar refractivity (Wildman–Crippen MR) is 95.1 cm³/mol. The number of hydrogen-bond acceptors (Lipinski definition) is 3. The van der Waals surface area contributed by atoms with E-state index in [2.05, 4.69) is 5.32 Å². The van der Waals surface area contributed by atoms with E-state index in [0.29, 0.717) is 25.3 Å². The molecule has 0 radical (unpaired) electrons. The average Bonchev–Trinajstić information content (AvgIpc) is 2.90. The lowest BCUT2D eigenvalue weighted by Gasteiger charge is -2.25. The van der Waals surface area contributed by atoms with Gasteiger partial charge in [-0.3, -0.25) is 9.59 Å². The zero-order valence-electron chi connectivity index (χ0n) is 14.5. The molecule has 1 aliphatic rings. The van der Waals surface area contributed by atoms with Crippen molar-refractivity contribution in [2.45, 2.75) is 19.5 Å². The van der Waals surface area contributed by atoms with Gasteiger partial charge >= 0.3 is 0 Å². The van der Waals surface area contributed by atoms with Crippen LogP contribution < -0.4 is 5.32 Å². The summed E-state index contributed by atoms with van der Waals surface area (Å²) in [5.41, 5.74) is 3.52. The topological polar surface area (TPSA) is 58.6 Å². The largest absolute Gasteiger partial charge is 0.383 e. The van der Waals surface area contributed by atoms with Crippen molar-refractivity contribution in [3.63, 3.8) is 0 Å². The Morgan fingerprint density at radius 3 is 2.60 bits per heavy atom. The summed E-state index contributed by atoms with van der Waals surface area (Å²) in [5, 5.41) is 2.85. The van der Waals surface area contributed by atoms with E-state index >= 15 is 0 Å². The summed E-state index contributed by atoms with van der Waals surface area (Å²) >= 11 is 0. The molecule has 25 heavy (non-hydrogen) atoms. The van der Waals surface area contributed by atoms with E-state index in [9.17, 15) is 9.59 Å². The first-order valence-corrected chi connectivity index (χ1v) is 8.34. The van der Waals surface area contributed by atoms with Crippen molar-refractivity contribution in [3.8, 4) is 0 Å². The smallest absolute Gasteiger partial charge is 0.255 e. The molecular weight excluding hydrogens is 316 g/mol. The number of fused-ring (bicyclic) bond motifs is 1. The van der Waals surface area contributed by atoms with Crippen LogP contribution in [0.15, 0.2) is 48.5 Å². The van der Waals surface area contributed by atoms with Gasteiger partial charge in [0.1, 0.15) is 6.04 Å². The molecule has 1 aliphatic heterocycles. The average molecular weight is 338 g/mol. The lowest BCUT2D eigenvalue weighted by atomic mass is 10.0. The van der Waals surface area contributed by atoms with Crippen LogP contribution in [0.1, 0.15) is 33.1 Å². The normalized spacial score (nSPS) is 16.0. The Kier molecular flexibility index (Phi) is 5.14. The van der Waals surface area contributed by atoms with Gasteiger partial charge < -0.3 is 15.0 Å². The van der Waals surface area contributed by atoms with E-state index in [1.54, 1.807) is 18.1 Å². The second kappa shape index (κ2) is 7.49. The first-order chi connectivity index (χ1) is 12.1. The van der Waals surface area contributed by atoms with Crippen molar-refractivity contribution in [2.75, 3.05) is 20.3 Å². The molecule has 2 amide bonds. The third-order valence-corrected chi connectivity index (χ3v) is 4.39. The van der Waals surface area contributed by atoms with Gasteiger partial charge in [-0.25, -0.2) is 0 Å². The van der Waals surface area contributed by atoms with Crippen LogP contribution in [0.3, 0.4) is 0 Å². The maximum absolute atomic E-state index is 12.8. The van der Waals surface area contributed by atoms with E-state index in [1.807, 2.05) is 49.4 Å². The molecule has 3 rings (SSSR count). The summed E-state index contributed by atoms with van der Waals surface area (Å²) in [6.45, 7) is 3.27. The van der Waals surface area contributed by atoms with E-state index in [0.717, 1.165) is 16.7 Å².